The first kappa shape index (κ1) is 15.5. The number of hydrogen-bond acceptors (Lipinski definition) is 5. The summed E-state index contributed by atoms with van der Waals surface area (Å²) in [5.41, 5.74) is 0.0103. The largest absolute Gasteiger partial charge is 0.466 e. The van der Waals surface area contributed by atoms with Crippen molar-refractivity contribution in [1.82, 2.24) is 4.90 Å². The van der Waals surface area contributed by atoms with Gasteiger partial charge in [-0.1, -0.05) is 0 Å². The van der Waals surface area contributed by atoms with E-state index < -0.39 is 23.8 Å². The average molecular weight is 271 g/mol. The maximum atomic E-state index is 11.8. The molecule has 0 aliphatic carbocycles. The molecule has 6 nitrogen and oxygen atoms in total. The third-order valence-corrected chi connectivity index (χ3v) is 2.65. The minimum atomic E-state index is -0.861. The molecule has 0 aromatic carbocycles. The van der Waals surface area contributed by atoms with Crippen molar-refractivity contribution in [1.29, 1.82) is 0 Å². The van der Waals surface area contributed by atoms with Crippen LogP contribution in [0.2, 0.25) is 0 Å². The molecular weight excluding hydrogens is 250 g/mol. The molecule has 1 aliphatic heterocycles. The van der Waals surface area contributed by atoms with E-state index in [2.05, 4.69) is 4.74 Å². The van der Waals surface area contributed by atoms with Crippen LogP contribution in [0.25, 0.3) is 0 Å². The summed E-state index contributed by atoms with van der Waals surface area (Å²) in [6.07, 6.45) is 0.385. The Kier molecular flexibility index (Phi) is 4.94. The molecule has 1 unspecified atom stereocenters. The highest BCUT2D eigenvalue weighted by Crippen LogP contribution is 2.19. The van der Waals surface area contributed by atoms with Crippen LogP contribution in [0.3, 0.4) is 0 Å². The second-order valence-corrected chi connectivity index (χ2v) is 5.43. The van der Waals surface area contributed by atoms with Gasteiger partial charge in [-0.05, 0) is 32.8 Å². The summed E-state index contributed by atoms with van der Waals surface area (Å²) < 4.78 is 9.74. The molecule has 1 fully saturated rings. The lowest BCUT2D eigenvalue weighted by Crippen LogP contribution is -2.45. The number of amides is 1. The predicted octanol–water partition coefficient (Wildman–Crippen LogP) is 1.09. The molecule has 108 valence electrons. The number of hydrogen-bond donors (Lipinski definition) is 1. The van der Waals surface area contributed by atoms with Crippen molar-refractivity contribution in [2.45, 2.75) is 38.9 Å². The number of piperidine rings is 1. The number of rotatable bonds is 1. The topological polar surface area (TPSA) is 76.1 Å². The van der Waals surface area contributed by atoms with Gasteiger partial charge < -0.3 is 19.5 Å². The molecule has 0 saturated carbocycles. The molecule has 6 heteroatoms. The Morgan fingerprint density at radius 2 is 2.05 bits per heavy atom. The minimum absolute atomic E-state index is 0.123. The Morgan fingerprint density at radius 1 is 1.42 bits per heavy atom. The first-order chi connectivity index (χ1) is 8.73. The third-order valence-electron chi connectivity index (χ3n) is 2.65. The van der Waals surface area contributed by atoms with Crippen molar-refractivity contribution in [2.24, 2.45) is 0 Å². The lowest BCUT2D eigenvalue weighted by Gasteiger charge is -2.33. The van der Waals surface area contributed by atoms with Crippen molar-refractivity contribution in [3.63, 3.8) is 0 Å². The predicted molar refractivity (Wildman–Crippen MR) is 68.5 cm³/mol. The summed E-state index contributed by atoms with van der Waals surface area (Å²) in [6.45, 7) is 5.89. The van der Waals surface area contributed by atoms with Crippen molar-refractivity contribution in [2.75, 3.05) is 20.2 Å². The molecule has 1 amide bonds. The average Bonchev–Trinajstić information content (AvgIpc) is 2.29. The van der Waals surface area contributed by atoms with E-state index >= 15 is 0 Å². The second-order valence-electron chi connectivity index (χ2n) is 5.43. The van der Waals surface area contributed by atoms with Gasteiger partial charge in [-0.25, -0.2) is 9.59 Å². The highest BCUT2D eigenvalue weighted by Gasteiger charge is 2.29. The molecule has 1 heterocycles. The van der Waals surface area contributed by atoms with Crippen molar-refractivity contribution >= 4 is 12.1 Å². The van der Waals surface area contributed by atoms with Crippen molar-refractivity contribution < 1.29 is 24.2 Å². The molecule has 0 aromatic heterocycles. The van der Waals surface area contributed by atoms with Crippen LogP contribution in [0, 0.1) is 0 Å². The lowest BCUT2D eigenvalue weighted by atomic mass is 10.0. The van der Waals surface area contributed by atoms with Gasteiger partial charge in [-0.15, -0.1) is 0 Å². The number of esters is 1. The maximum Gasteiger partial charge on any atom is 0.410 e. The number of carbonyl (C=O) groups is 2. The van der Waals surface area contributed by atoms with Crippen LogP contribution in [0.5, 0.6) is 0 Å². The number of aliphatic hydroxyl groups is 1. The quantitative estimate of drug-likeness (QED) is 0.570. The highest BCUT2D eigenvalue weighted by atomic mass is 16.6. The Morgan fingerprint density at radius 3 is 2.53 bits per heavy atom. The summed E-state index contributed by atoms with van der Waals surface area (Å²) in [5, 5.41) is 9.91. The summed E-state index contributed by atoms with van der Waals surface area (Å²) in [4.78, 5) is 24.4. The van der Waals surface area contributed by atoms with Gasteiger partial charge in [0.2, 0.25) is 0 Å². The number of methoxy groups -OCH3 is 1. The summed E-state index contributed by atoms with van der Waals surface area (Å²) in [6, 6.07) is 0. The molecule has 1 aliphatic rings. The van der Waals surface area contributed by atoms with Crippen LogP contribution >= 0.6 is 0 Å². The fraction of sp³-hybridized carbons (Fsp3) is 0.692. The number of β-amino-alcohol motifs (C(OH)–C–C–N with tert-alkyl or cyclic N) is 1. The van der Waals surface area contributed by atoms with Crippen LogP contribution in [0.1, 0.15) is 27.2 Å². The summed E-state index contributed by atoms with van der Waals surface area (Å²) >= 11 is 0. The Balaban J connectivity index is 2.61. The molecule has 0 aromatic rings. The van der Waals surface area contributed by atoms with Crippen molar-refractivity contribution in [3.8, 4) is 0 Å². The van der Waals surface area contributed by atoms with E-state index in [1.807, 2.05) is 0 Å². The molecule has 19 heavy (non-hydrogen) atoms. The molecule has 0 spiro atoms. The van der Waals surface area contributed by atoms with Crippen LogP contribution < -0.4 is 0 Å². The number of aliphatic hydroxyl groups excluding tert-OH is 1. The molecule has 1 saturated heterocycles. The normalized spacial score (nSPS) is 22.3. The molecule has 1 N–H and O–H groups in total. The molecule has 1 atom stereocenters. The lowest BCUT2D eigenvalue weighted by molar-refractivity contribution is -0.135. The minimum Gasteiger partial charge on any atom is -0.466 e. The first-order valence-electron chi connectivity index (χ1n) is 6.17. The van der Waals surface area contributed by atoms with Gasteiger partial charge in [0.15, 0.2) is 0 Å². The van der Waals surface area contributed by atoms with Crippen LogP contribution in [0.15, 0.2) is 11.6 Å². The first-order valence-corrected chi connectivity index (χ1v) is 6.17. The standard InChI is InChI=1S/C13H21NO5/c1-13(2,3)19-12(17)14-6-5-9(10(15)8-14)7-11(16)18-4/h7,10,15H,5-6,8H2,1-4H3. The number of ether oxygens (including phenoxy) is 2. The van der Waals surface area contributed by atoms with E-state index in [0.717, 1.165) is 0 Å². The van der Waals surface area contributed by atoms with Crippen LogP contribution in [-0.4, -0.2) is 54.0 Å². The van der Waals surface area contributed by atoms with E-state index in [9.17, 15) is 14.7 Å². The van der Waals surface area contributed by atoms with Gasteiger partial charge >= 0.3 is 12.1 Å². The van der Waals surface area contributed by atoms with E-state index in [-0.39, 0.29) is 6.54 Å². The van der Waals surface area contributed by atoms with E-state index in [1.54, 1.807) is 20.8 Å². The van der Waals surface area contributed by atoms with E-state index in [0.29, 0.717) is 18.5 Å². The smallest absolute Gasteiger partial charge is 0.410 e. The van der Waals surface area contributed by atoms with Gasteiger partial charge in [0.25, 0.3) is 0 Å². The Labute approximate surface area is 113 Å². The third kappa shape index (κ3) is 4.90. The SMILES string of the molecule is COC(=O)C=C1CCN(C(=O)OC(C)(C)C)CC1O. The molecule has 0 bridgehead atoms. The van der Waals surface area contributed by atoms with Crippen LogP contribution in [-0.2, 0) is 14.3 Å². The Hall–Kier alpha value is -1.56. The van der Waals surface area contributed by atoms with Gasteiger partial charge in [-0.3, -0.25) is 0 Å². The Bertz CT molecular complexity index is 383. The summed E-state index contributed by atoms with van der Waals surface area (Å²) in [5.74, 6) is -0.500. The van der Waals surface area contributed by atoms with Crippen LogP contribution in [0.4, 0.5) is 4.79 Å². The van der Waals surface area contributed by atoms with Gasteiger partial charge in [0.1, 0.15) is 5.60 Å². The maximum absolute atomic E-state index is 11.8. The number of likely N-dealkylation sites (tertiary alicyclic amines) is 1. The molecule has 1 rings (SSSR count). The zero-order valence-corrected chi connectivity index (χ0v) is 11.8. The second kappa shape index (κ2) is 6.06. The van der Waals surface area contributed by atoms with Gasteiger partial charge in [0.05, 0.1) is 19.8 Å². The fourth-order valence-electron chi connectivity index (χ4n) is 1.72. The number of nitrogens with zero attached hydrogens (tertiary/aromatic N) is 1. The monoisotopic (exact) mass is 271 g/mol. The fourth-order valence-corrected chi connectivity index (χ4v) is 1.72. The van der Waals surface area contributed by atoms with E-state index in [4.69, 9.17) is 4.74 Å². The van der Waals surface area contributed by atoms with Crippen molar-refractivity contribution in [3.05, 3.63) is 11.6 Å². The molecule has 0 radical (unpaired) electrons. The van der Waals surface area contributed by atoms with Gasteiger partial charge in [0, 0.05) is 12.6 Å². The highest BCUT2D eigenvalue weighted by molar-refractivity contribution is 5.83. The molecular formula is C13H21NO5. The number of carbonyl (C=O) groups excluding carboxylic acids is 2. The zero-order chi connectivity index (χ0) is 14.6. The zero-order valence-electron chi connectivity index (χ0n) is 11.8. The summed E-state index contributed by atoms with van der Waals surface area (Å²) in [7, 11) is 1.28. The van der Waals surface area contributed by atoms with Gasteiger partial charge in [-0.2, -0.15) is 0 Å². The van der Waals surface area contributed by atoms with E-state index in [1.165, 1.54) is 18.1 Å².